The third-order valence-corrected chi connectivity index (χ3v) is 5.08. The minimum absolute atomic E-state index is 0. The van der Waals surface area contributed by atoms with Gasteiger partial charge in [0.15, 0.2) is 5.96 Å². The van der Waals surface area contributed by atoms with Gasteiger partial charge < -0.3 is 20.1 Å². The SMILES string of the molecule is CCc1nncn1CCNC(=NC)NC(C)c1cccc(N2CCCC2)c1.I. The number of benzene rings is 1. The molecule has 1 unspecified atom stereocenters. The maximum Gasteiger partial charge on any atom is 0.191 e. The average Bonchev–Trinajstić information content (AvgIpc) is 3.39. The molecule has 1 aliphatic heterocycles. The fraction of sp³-hybridized carbons (Fsp3) is 0.550. The number of rotatable bonds is 7. The minimum Gasteiger partial charge on any atom is -0.372 e. The van der Waals surface area contributed by atoms with Gasteiger partial charge >= 0.3 is 0 Å². The zero-order valence-electron chi connectivity index (χ0n) is 17.1. The molecule has 0 saturated carbocycles. The van der Waals surface area contributed by atoms with Crippen LogP contribution in [-0.2, 0) is 13.0 Å². The standard InChI is InChI=1S/C20H31N7.HI/c1-4-19-25-23-15-27(19)13-10-22-20(21-3)24-16(2)17-8-7-9-18(14-17)26-11-5-6-12-26;/h7-9,14-16H,4-6,10-13H2,1-3H3,(H2,21,22,24);1H. The molecular weight excluding hydrogens is 465 g/mol. The molecule has 0 radical (unpaired) electrons. The number of aryl methyl sites for hydroxylation is 1. The Hall–Kier alpha value is -1.84. The molecular formula is C20H32IN7. The van der Waals surface area contributed by atoms with E-state index in [1.165, 1.54) is 24.1 Å². The van der Waals surface area contributed by atoms with Crippen molar-refractivity contribution in [3.8, 4) is 0 Å². The van der Waals surface area contributed by atoms with Crippen LogP contribution >= 0.6 is 24.0 Å². The number of hydrogen-bond donors (Lipinski definition) is 2. The lowest BCUT2D eigenvalue weighted by atomic mass is 10.1. The summed E-state index contributed by atoms with van der Waals surface area (Å²) in [6, 6.07) is 9.00. The van der Waals surface area contributed by atoms with Crippen LogP contribution in [-0.4, -0.2) is 47.4 Å². The first-order valence-corrected chi connectivity index (χ1v) is 9.90. The van der Waals surface area contributed by atoms with Crippen molar-refractivity contribution < 1.29 is 0 Å². The van der Waals surface area contributed by atoms with Gasteiger partial charge in [-0.25, -0.2) is 0 Å². The number of hydrogen-bond acceptors (Lipinski definition) is 4. The van der Waals surface area contributed by atoms with Gasteiger partial charge in [0.2, 0.25) is 0 Å². The summed E-state index contributed by atoms with van der Waals surface area (Å²) in [5.41, 5.74) is 2.59. The minimum atomic E-state index is 0. The Morgan fingerprint density at radius 2 is 2.07 bits per heavy atom. The third-order valence-electron chi connectivity index (χ3n) is 5.08. The second-order valence-corrected chi connectivity index (χ2v) is 6.95. The van der Waals surface area contributed by atoms with Gasteiger partial charge in [-0.15, -0.1) is 34.2 Å². The molecule has 1 fully saturated rings. The highest BCUT2D eigenvalue weighted by Gasteiger charge is 2.14. The smallest absolute Gasteiger partial charge is 0.191 e. The zero-order chi connectivity index (χ0) is 19.1. The molecule has 1 atom stereocenters. The predicted octanol–water partition coefficient (Wildman–Crippen LogP) is 2.98. The van der Waals surface area contributed by atoms with Gasteiger partial charge in [-0.05, 0) is 37.5 Å². The van der Waals surface area contributed by atoms with Crippen LogP contribution in [0.25, 0.3) is 0 Å². The summed E-state index contributed by atoms with van der Waals surface area (Å²) in [5, 5.41) is 15.0. The summed E-state index contributed by atoms with van der Waals surface area (Å²) >= 11 is 0. The Labute approximate surface area is 185 Å². The van der Waals surface area contributed by atoms with Gasteiger partial charge in [0, 0.05) is 45.3 Å². The number of aliphatic imine (C=N–C) groups is 1. The molecule has 0 spiro atoms. The number of guanidine groups is 1. The van der Waals surface area contributed by atoms with Crippen molar-refractivity contribution in [1.82, 2.24) is 25.4 Å². The summed E-state index contributed by atoms with van der Waals surface area (Å²) in [6.07, 6.45) is 5.25. The van der Waals surface area contributed by atoms with Crippen LogP contribution in [0.2, 0.25) is 0 Å². The van der Waals surface area contributed by atoms with Crippen molar-refractivity contribution in [1.29, 1.82) is 0 Å². The number of anilines is 1. The largest absolute Gasteiger partial charge is 0.372 e. The second-order valence-electron chi connectivity index (χ2n) is 6.95. The molecule has 2 N–H and O–H groups in total. The Bertz CT molecular complexity index is 753. The van der Waals surface area contributed by atoms with E-state index in [9.17, 15) is 0 Å². The van der Waals surface area contributed by atoms with Crippen molar-refractivity contribution in [2.24, 2.45) is 4.99 Å². The van der Waals surface area contributed by atoms with E-state index in [0.717, 1.165) is 44.4 Å². The van der Waals surface area contributed by atoms with Gasteiger partial charge in [-0.2, -0.15) is 0 Å². The first kappa shape index (κ1) is 22.4. The summed E-state index contributed by atoms with van der Waals surface area (Å²) in [5.74, 6) is 1.81. The molecule has 1 aliphatic rings. The summed E-state index contributed by atoms with van der Waals surface area (Å²) < 4.78 is 2.07. The number of nitrogens with one attached hydrogen (secondary N) is 2. The summed E-state index contributed by atoms with van der Waals surface area (Å²) in [4.78, 5) is 6.82. The van der Waals surface area contributed by atoms with Crippen LogP contribution in [0, 0.1) is 0 Å². The lowest BCUT2D eigenvalue weighted by Crippen LogP contribution is -2.40. The zero-order valence-corrected chi connectivity index (χ0v) is 19.4. The quantitative estimate of drug-likeness (QED) is 0.350. The van der Waals surface area contributed by atoms with E-state index in [1.807, 2.05) is 0 Å². The van der Waals surface area contributed by atoms with E-state index in [1.54, 1.807) is 13.4 Å². The van der Waals surface area contributed by atoms with E-state index < -0.39 is 0 Å². The molecule has 2 aromatic rings. The Morgan fingerprint density at radius 1 is 1.29 bits per heavy atom. The van der Waals surface area contributed by atoms with E-state index in [-0.39, 0.29) is 30.0 Å². The molecule has 1 saturated heterocycles. The molecule has 28 heavy (non-hydrogen) atoms. The molecule has 7 nitrogen and oxygen atoms in total. The fourth-order valence-electron chi connectivity index (χ4n) is 3.48. The van der Waals surface area contributed by atoms with Crippen molar-refractivity contribution in [2.75, 3.05) is 31.6 Å². The molecule has 0 amide bonds. The van der Waals surface area contributed by atoms with Gasteiger partial charge in [-0.1, -0.05) is 19.1 Å². The van der Waals surface area contributed by atoms with E-state index in [4.69, 9.17) is 0 Å². The fourth-order valence-corrected chi connectivity index (χ4v) is 3.48. The number of nitrogens with zero attached hydrogens (tertiary/aromatic N) is 5. The average molecular weight is 497 g/mol. The van der Waals surface area contributed by atoms with Crippen LogP contribution in [0.5, 0.6) is 0 Å². The molecule has 1 aromatic carbocycles. The van der Waals surface area contributed by atoms with Gasteiger partial charge in [0.1, 0.15) is 12.2 Å². The van der Waals surface area contributed by atoms with Gasteiger partial charge in [-0.3, -0.25) is 4.99 Å². The van der Waals surface area contributed by atoms with Gasteiger partial charge in [0.05, 0.1) is 6.04 Å². The van der Waals surface area contributed by atoms with Gasteiger partial charge in [0.25, 0.3) is 0 Å². The highest BCUT2D eigenvalue weighted by atomic mass is 127. The lowest BCUT2D eigenvalue weighted by molar-refractivity contribution is 0.620. The monoisotopic (exact) mass is 497 g/mol. The Kier molecular flexibility index (Phi) is 9.01. The maximum atomic E-state index is 4.36. The van der Waals surface area contributed by atoms with Crippen LogP contribution < -0.4 is 15.5 Å². The first-order chi connectivity index (χ1) is 13.2. The number of halogens is 1. The van der Waals surface area contributed by atoms with E-state index in [0.29, 0.717) is 0 Å². The van der Waals surface area contributed by atoms with Crippen LogP contribution in [0.3, 0.4) is 0 Å². The van der Waals surface area contributed by atoms with Crippen molar-refractivity contribution in [2.45, 2.75) is 45.7 Å². The van der Waals surface area contributed by atoms with Crippen molar-refractivity contribution in [3.63, 3.8) is 0 Å². The third kappa shape index (κ3) is 5.83. The number of aromatic nitrogens is 3. The lowest BCUT2D eigenvalue weighted by Gasteiger charge is -2.22. The summed E-state index contributed by atoms with van der Waals surface area (Å²) in [7, 11) is 1.80. The highest BCUT2D eigenvalue weighted by molar-refractivity contribution is 14.0. The first-order valence-electron chi connectivity index (χ1n) is 9.90. The second kappa shape index (κ2) is 11.2. The summed E-state index contributed by atoms with van der Waals surface area (Å²) in [6.45, 7) is 8.17. The Balaban J connectivity index is 0.00000280. The highest BCUT2D eigenvalue weighted by Crippen LogP contribution is 2.23. The van der Waals surface area contributed by atoms with E-state index >= 15 is 0 Å². The van der Waals surface area contributed by atoms with Crippen molar-refractivity contribution in [3.05, 3.63) is 42.0 Å². The van der Waals surface area contributed by atoms with Crippen LogP contribution in [0.15, 0.2) is 35.6 Å². The topological polar surface area (TPSA) is 70.4 Å². The predicted molar refractivity (Wildman–Crippen MR) is 126 cm³/mol. The van der Waals surface area contributed by atoms with Crippen LogP contribution in [0.4, 0.5) is 5.69 Å². The molecule has 1 aromatic heterocycles. The molecule has 3 rings (SSSR count). The van der Waals surface area contributed by atoms with Crippen LogP contribution in [0.1, 0.15) is 44.1 Å². The molecule has 154 valence electrons. The van der Waals surface area contributed by atoms with Crippen molar-refractivity contribution >= 4 is 35.6 Å². The molecule has 8 heteroatoms. The molecule has 0 bridgehead atoms. The molecule has 2 heterocycles. The van der Waals surface area contributed by atoms with E-state index in [2.05, 4.69) is 73.4 Å². The molecule has 0 aliphatic carbocycles. The normalized spacial score (nSPS) is 15.2. The Morgan fingerprint density at radius 3 is 2.79 bits per heavy atom. The maximum absolute atomic E-state index is 4.36.